The summed E-state index contributed by atoms with van der Waals surface area (Å²) in [5, 5.41) is 2.04. The Morgan fingerprint density at radius 3 is 2.42 bits per heavy atom. The zero-order chi connectivity index (χ0) is 27.2. The van der Waals surface area contributed by atoms with E-state index >= 15 is 0 Å². The summed E-state index contributed by atoms with van der Waals surface area (Å²) in [4.78, 5) is 13.0. The molecule has 1 aromatic rings. The first-order valence-electron chi connectivity index (χ1n) is 15.6. The summed E-state index contributed by atoms with van der Waals surface area (Å²) in [7, 11) is 5.38. The molecule has 38 heavy (non-hydrogen) atoms. The van der Waals surface area contributed by atoms with Crippen molar-refractivity contribution in [2.45, 2.75) is 111 Å². The number of fused-ring (bicyclic) bond motifs is 5. The Labute approximate surface area is 237 Å². The van der Waals surface area contributed by atoms with Crippen molar-refractivity contribution in [1.82, 2.24) is 0 Å². The third-order valence-electron chi connectivity index (χ3n) is 11.7. The van der Waals surface area contributed by atoms with Crippen molar-refractivity contribution in [3.05, 3.63) is 35.4 Å². The predicted molar refractivity (Wildman–Crippen MR) is 167 cm³/mol. The topological polar surface area (TPSA) is 26.3 Å². The van der Waals surface area contributed by atoms with Gasteiger partial charge in [-0.25, -0.2) is 4.79 Å². The predicted octanol–water partition coefficient (Wildman–Crippen LogP) is 8.25. The molecule has 0 aromatic heterocycles. The van der Waals surface area contributed by atoms with Crippen LogP contribution in [0.1, 0.15) is 116 Å². The molecule has 210 valence electrons. The molecule has 0 heterocycles. The zero-order valence-corrected chi connectivity index (χ0v) is 26.9. The highest BCUT2D eigenvalue weighted by Gasteiger charge is 2.59. The van der Waals surface area contributed by atoms with Crippen molar-refractivity contribution in [2.24, 2.45) is 46.3 Å². The van der Waals surface area contributed by atoms with E-state index in [4.69, 9.17) is 4.74 Å². The molecule has 0 radical (unpaired) electrons. The van der Waals surface area contributed by atoms with E-state index in [0.29, 0.717) is 16.4 Å². The minimum absolute atomic E-state index is 0.0101. The first-order chi connectivity index (χ1) is 18.0. The lowest BCUT2D eigenvalue weighted by molar-refractivity contribution is -0.0594. The van der Waals surface area contributed by atoms with Crippen LogP contribution in [0.15, 0.2) is 29.8 Å². The van der Waals surface area contributed by atoms with E-state index in [1.54, 1.807) is 5.57 Å². The lowest BCUT2D eigenvalue weighted by Gasteiger charge is -2.58. The second-order valence-electron chi connectivity index (χ2n) is 14.4. The largest absolute Gasteiger partial charge is 0.458 e. The van der Waals surface area contributed by atoms with Crippen LogP contribution in [0.5, 0.6) is 0 Å². The number of hydrogen-bond acceptors (Lipinski definition) is 2. The number of benzene rings is 1. The number of ether oxygens (including phenoxy) is 1. The molecule has 1 aromatic carbocycles. The van der Waals surface area contributed by atoms with Crippen LogP contribution in [-0.4, -0.2) is 12.1 Å². The molecule has 5 rings (SSSR count). The molecule has 2 nitrogen and oxygen atoms in total. The van der Waals surface area contributed by atoms with E-state index in [1.807, 2.05) is 18.2 Å². The van der Waals surface area contributed by atoms with Gasteiger partial charge in [-0.15, -0.1) is 18.5 Å². The number of carbonyl (C=O) groups is 1. The molecule has 3 fully saturated rings. The van der Waals surface area contributed by atoms with Crippen LogP contribution >= 0.6 is 18.5 Å². The fourth-order valence-electron chi connectivity index (χ4n) is 9.77. The van der Waals surface area contributed by atoms with Crippen LogP contribution in [0.3, 0.4) is 0 Å². The summed E-state index contributed by atoms with van der Waals surface area (Å²) in [5.74, 6) is 4.98. The first kappa shape index (κ1) is 28.8. The maximum atomic E-state index is 13.0. The van der Waals surface area contributed by atoms with Gasteiger partial charge in [-0.3, -0.25) is 0 Å². The van der Waals surface area contributed by atoms with Gasteiger partial charge in [0.1, 0.15) is 6.10 Å². The Kier molecular flexibility index (Phi) is 8.55. The quantitative estimate of drug-likeness (QED) is 0.193. The minimum Gasteiger partial charge on any atom is -0.458 e. The van der Waals surface area contributed by atoms with Gasteiger partial charge in [0.05, 0.1) is 5.56 Å². The van der Waals surface area contributed by atoms with Crippen molar-refractivity contribution in [1.29, 1.82) is 0 Å². The first-order valence-corrected chi connectivity index (χ1v) is 16.7. The number of allylic oxidation sites excluding steroid dienone is 1. The van der Waals surface area contributed by atoms with E-state index in [2.05, 4.69) is 59.2 Å². The molecule has 4 heteroatoms. The smallest absolute Gasteiger partial charge is 0.338 e. The lowest BCUT2D eigenvalue weighted by atomic mass is 9.47. The van der Waals surface area contributed by atoms with Gasteiger partial charge in [-0.05, 0) is 120 Å². The summed E-state index contributed by atoms with van der Waals surface area (Å²) in [6, 6.07) is 5.87. The van der Waals surface area contributed by atoms with E-state index in [0.717, 1.165) is 65.4 Å². The number of carbonyl (C=O) groups excluding carboxylic acids is 1. The van der Waals surface area contributed by atoms with Gasteiger partial charge in [0, 0.05) is 6.42 Å². The molecule has 0 amide bonds. The third-order valence-corrected chi connectivity index (χ3v) is 12.4. The van der Waals surface area contributed by atoms with Gasteiger partial charge in [0.15, 0.2) is 0 Å². The molecule has 0 aliphatic heterocycles. The van der Waals surface area contributed by atoms with Crippen LogP contribution in [0.4, 0.5) is 0 Å². The maximum absolute atomic E-state index is 13.0. The number of rotatable bonds is 7. The fourth-order valence-corrected chi connectivity index (χ4v) is 10.7. The average Bonchev–Trinajstić information content (AvgIpc) is 3.20. The number of hydrogen-bond donors (Lipinski definition) is 0. The Bertz CT molecular complexity index is 1040. The Balaban J connectivity index is 1.25. The van der Waals surface area contributed by atoms with Crippen LogP contribution in [-0.2, 0) is 4.74 Å². The van der Waals surface area contributed by atoms with Crippen molar-refractivity contribution in [3.8, 4) is 0 Å². The Morgan fingerprint density at radius 1 is 0.974 bits per heavy atom. The molecule has 0 bridgehead atoms. The fraction of sp³-hybridized carbons (Fsp3) is 0.735. The van der Waals surface area contributed by atoms with Gasteiger partial charge in [-0.2, -0.15) is 0 Å². The lowest BCUT2D eigenvalue weighted by Crippen LogP contribution is -2.51. The monoisotopic (exact) mass is 554 g/mol. The molecule has 4 aliphatic carbocycles. The Morgan fingerprint density at radius 2 is 1.71 bits per heavy atom. The van der Waals surface area contributed by atoms with Crippen molar-refractivity contribution < 1.29 is 9.53 Å². The van der Waals surface area contributed by atoms with E-state index in [9.17, 15) is 4.79 Å². The third kappa shape index (κ3) is 5.45. The van der Waals surface area contributed by atoms with Crippen molar-refractivity contribution in [2.75, 3.05) is 0 Å². The molecule has 10 unspecified atom stereocenters. The molecule has 10 atom stereocenters. The summed E-state index contributed by atoms with van der Waals surface area (Å²) < 4.78 is 6.09. The molecule has 0 spiro atoms. The van der Waals surface area contributed by atoms with Crippen LogP contribution < -0.4 is 10.6 Å². The van der Waals surface area contributed by atoms with Gasteiger partial charge >= 0.3 is 5.97 Å². The number of esters is 1. The van der Waals surface area contributed by atoms with Crippen molar-refractivity contribution in [3.63, 3.8) is 0 Å². The summed E-state index contributed by atoms with van der Waals surface area (Å²) >= 11 is 0. The average molecular weight is 555 g/mol. The van der Waals surface area contributed by atoms with Gasteiger partial charge in [-0.1, -0.05) is 65.5 Å². The minimum atomic E-state index is -0.172. The van der Waals surface area contributed by atoms with E-state index in [-0.39, 0.29) is 12.1 Å². The normalized spacial score (nSPS) is 37.2. The van der Waals surface area contributed by atoms with Crippen LogP contribution in [0, 0.1) is 46.3 Å². The summed E-state index contributed by atoms with van der Waals surface area (Å²) in [5.41, 5.74) is 3.08. The molecule has 3 saturated carbocycles. The van der Waals surface area contributed by atoms with Gasteiger partial charge in [0.25, 0.3) is 0 Å². The maximum Gasteiger partial charge on any atom is 0.338 e. The Hall–Kier alpha value is -0.710. The second kappa shape index (κ2) is 11.3. The van der Waals surface area contributed by atoms with Crippen molar-refractivity contribution >= 4 is 35.1 Å². The summed E-state index contributed by atoms with van der Waals surface area (Å²) in [6.45, 7) is 12.6. The SMILES string of the molecule is CC(C)CCCC(C)C1CCC2C3CC=C4CC(OC(=O)c5cc(P)cc(P)c5)CCC4(C)C3CCC12C. The van der Waals surface area contributed by atoms with E-state index < -0.39 is 0 Å². The highest BCUT2D eigenvalue weighted by molar-refractivity contribution is 7.29. The molecular weight excluding hydrogens is 502 g/mol. The zero-order valence-electron chi connectivity index (χ0n) is 24.6. The molecule has 0 saturated heterocycles. The van der Waals surface area contributed by atoms with Crippen LogP contribution in [0.2, 0.25) is 0 Å². The molecule has 0 N–H and O–H groups in total. The molecular formula is C34H52O2P2. The molecule has 4 aliphatic rings. The highest BCUT2D eigenvalue weighted by atomic mass is 31.0. The van der Waals surface area contributed by atoms with Gasteiger partial charge < -0.3 is 4.74 Å². The summed E-state index contributed by atoms with van der Waals surface area (Å²) in [6.07, 6.45) is 16.9. The van der Waals surface area contributed by atoms with Gasteiger partial charge in [0.2, 0.25) is 0 Å². The highest BCUT2D eigenvalue weighted by Crippen LogP contribution is 2.67. The standard InChI is InChI=1S/C34H52O2P2/c1-21(2)7-6-8-22(3)29-11-12-30-28-10-9-24-19-25(36-32(35)23-17-26(37)20-27(38)18-23)13-15-33(24,4)31(28)14-16-34(29,30)5/h9,17-18,20-22,25,28-31H,6-8,10-16,19,37-38H2,1-5H3. The second-order valence-corrected chi connectivity index (χ2v) is 15.8. The van der Waals surface area contributed by atoms with Crippen LogP contribution in [0.25, 0.3) is 0 Å². The van der Waals surface area contributed by atoms with E-state index in [1.165, 1.54) is 51.4 Å².